The summed E-state index contributed by atoms with van der Waals surface area (Å²) in [6, 6.07) is 7.89. The van der Waals surface area contributed by atoms with Crippen LogP contribution in [0.25, 0.3) is 0 Å². The molecule has 1 rings (SSSR count). The average molecular weight is 337 g/mol. The van der Waals surface area contributed by atoms with Crippen molar-refractivity contribution >= 4 is 20.2 Å². The van der Waals surface area contributed by atoms with Crippen LogP contribution in [0.5, 0.6) is 0 Å². The number of carbonyl (C=O) groups excluding carboxylic acids is 1. The Morgan fingerprint density at radius 3 is 2.17 bits per heavy atom. The lowest BCUT2D eigenvalue weighted by Gasteiger charge is -2.38. The third-order valence-corrected chi connectivity index (χ3v) is 9.04. The van der Waals surface area contributed by atoms with Crippen LogP contribution in [0.4, 0.5) is 4.79 Å². The number of likely N-dealkylation sites (N-methyl/N-ethyl adjacent to an activating group) is 1. The van der Waals surface area contributed by atoms with E-state index >= 15 is 0 Å². The second-order valence-corrected chi connectivity index (χ2v) is 12.0. The zero-order valence-corrected chi connectivity index (χ0v) is 15.8. The molecule has 0 aliphatic heterocycles. The molecule has 0 aliphatic carbocycles. The van der Waals surface area contributed by atoms with E-state index in [9.17, 15) is 14.7 Å². The Balaban J connectivity index is 2.99. The van der Waals surface area contributed by atoms with Crippen molar-refractivity contribution < 1.29 is 19.1 Å². The summed E-state index contributed by atoms with van der Waals surface area (Å²) < 4.78 is 6.08. The molecule has 1 amide bonds. The summed E-state index contributed by atoms with van der Waals surface area (Å²) in [7, 11) is -0.661. The maximum absolute atomic E-state index is 12.7. The van der Waals surface area contributed by atoms with E-state index in [0.29, 0.717) is 5.56 Å². The topological polar surface area (TPSA) is 66.8 Å². The molecule has 128 valence electrons. The number of amides is 1. The van der Waals surface area contributed by atoms with Crippen molar-refractivity contribution in [2.24, 2.45) is 0 Å². The molecule has 1 aromatic carbocycles. The highest BCUT2D eigenvalue weighted by molar-refractivity contribution is 6.74. The van der Waals surface area contributed by atoms with Crippen molar-refractivity contribution in [3.8, 4) is 0 Å². The number of rotatable bonds is 6. The summed E-state index contributed by atoms with van der Waals surface area (Å²) in [6.07, 6.45) is -1.14. The SMILES string of the molecule is CN(C(=O)O)C(CO[Si](C)(C)C(C)(C)C)C(=O)c1ccccc1. The Morgan fingerprint density at radius 2 is 1.74 bits per heavy atom. The van der Waals surface area contributed by atoms with Gasteiger partial charge in [-0.05, 0) is 18.1 Å². The summed E-state index contributed by atoms with van der Waals surface area (Å²) >= 11 is 0. The molecule has 0 aliphatic rings. The van der Waals surface area contributed by atoms with E-state index in [4.69, 9.17) is 4.43 Å². The van der Waals surface area contributed by atoms with Gasteiger partial charge in [0.05, 0.1) is 6.61 Å². The molecular formula is C17H27NO4Si. The van der Waals surface area contributed by atoms with E-state index in [-0.39, 0.29) is 17.4 Å². The quantitative estimate of drug-likeness (QED) is 0.632. The lowest BCUT2D eigenvalue weighted by molar-refractivity contribution is 0.0736. The molecule has 0 spiro atoms. The Kier molecular flexibility index (Phi) is 6.13. The number of nitrogens with zero attached hydrogens (tertiary/aromatic N) is 1. The average Bonchev–Trinajstić information content (AvgIpc) is 2.46. The molecular weight excluding hydrogens is 310 g/mol. The Labute approximate surface area is 139 Å². The third-order valence-electron chi connectivity index (χ3n) is 4.54. The van der Waals surface area contributed by atoms with Gasteiger partial charge < -0.3 is 9.53 Å². The van der Waals surface area contributed by atoms with Crippen LogP contribution >= 0.6 is 0 Å². The van der Waals surface area contributed by atoms with Crippen LogP contribution < -0.4 is 0 Å². The first-order valence-electron chi connectivity index (χ1n) is 7.66. The molecule has 6 heteroatoms. The minimum atomic E-state index is -2.07. The van der Waals surface area contributed by atoms with Crippen LogP contribution in [0.3, 0.4) is 0 Å². The van der Waals surface area contributed by atoms with Gasteiger partial charge in [0.25, 0.3) is 0 Å². The predicted octanol–water partition coefficient (Wildman–Crippen LogP) is 3.87. The van der Waals surface area contributed by atoms with Crippen molar-refractivity contribution in [3.63, 3.8) is 0 Å². The number of carboxylic acid groups (broad SMARTS) is 1. The van der Waals surface area contributed by atoms with E-state index < -0.39 is 20.5 Å². The molecule has 0 heterocycles. The Morgan fingerprint density at radius 1 is 1.22 bits per heavy atom. The maximum Gasteiger partial charge on any atom is 0.407 e. The highest BCUT2D eigenvalue weighted by Gasteiger charge is 2.39. The minimum Gasteiger partial charge on any atom is -0.465 e. The molecule has 0 bridgehead atoms. The molecule has 1 unspecified atom stereocenters. The summed E-state index contributed by atoms with van der Waals surface area (Å²) in [6.45, 7) is 10.6. The van der Waals surface area contributed by atoms with Gasteiger partial charge in [-0.2, -0.15) is 0 Å². The maximum atomic E-state index is 12.7. The molecule has 0 radical (unpaired) electrons. The molecule has 0 saturated carbocycles. The molecule has 1 N–H and O–H groups in total. The van der Waals surface area contributed by atoms with E-state index in [1.807, 2.05) is 6.07 Å². The van der Waals surface area contributed by atoms with Crippen LogP contribution in [0.2, 0.25) is 18.1 Å². The van der Waals surface area contributed by atoms with Gasteiger partial charge in [-0.25, -0.2) is 4.79 Å². The number of hydrogen-bond donors (Lipinski definition) is 1. The highest BCUT2D eigenvalue weighted by Crippen LogP contribution is 2.36. The predicted molar refractivity (Wildman–Crippen MR) is 93.5 cm³/mol. The Hall–Kier alpha value is -1.66. The van der Waals surface area contributed by atoms with Crippen LogP contribution in [0, 0.1) is 0 Å². The second-order valence-electron chi connectivity index (χ2n) is 7.21. The first-order valence-corrected chi connectivity index (χ1v) is 10.6. The third kappa shape index (κ3) is 4.91. The molecule has 0 aromatic heterocycles. The van der Waals surface area contributed by atoms with Gasteiger partial charge in [0.2, 0.25) is 0 Å². The summed E-state index contributed by atoms with van der Waals surface area (Å²) in [4.78, 5) is 25.0. The van der Waals surface area contributed by atoms with Gasteiger partial charge >= 0.3 is 6.09 Å². The summed E-state index contributed by atoms with van der Waals surface area (Å²) in [5.74, 6) is -0.241. The fourth-order valence-electron chi connectivity index (χ4n) is 1.80. The zero-order valence-electron chi connectivity index (χ0n) is 14.8. The van der Waals surface area contributed by atoms with Crippen molar-refractivity contribution in [3.05, 3.63) is 35.9 Å². The van der Waals surface area contributed by atoms with Crippen molar-refractivity contribution in [1.82, 2.24) is 4.90 Å². The first-order chi connectivity index (χ1) is 10.5. The van der Waals surface area contributed by atoms with Crippen LogP contribution in [0.1, 0.15) is 31.1 Å². The molecule has 0 saturated heterocycles. The Bertz CT molecular complexity index is 551. The van der Waals surface area contributed by atoms with Gasteiger partial charge in [-0.1, -0.05) is 51.1 Å². The van der Waals surface area contributed by atoms with Crippen molar-refractivity contribution in [2.75, 3.05) is 13.7 Å². The first kappa shape index (κ1) is 19.4. The normalized spacial score (nSPS) is 13.5. The fourth-order valence-corrected chi connectivity index (χ4v) is 2.80. The van der Waals surface area contributed by atoms with Gasteiger partial charge in [-0.3, -0.25) is 9.69 Å². The molecule has 0 fully saturated rings. The molecule has 1 atom stereocenters. The van der Waals surface area contributed by atoms with Crippen LogP contribution in [-0.4, -0.2) is 49.9 Å². The minimum absolute atomic E-state index is 0.00482. The monoisotopic (exact) mass is 337 g/mol. The van der Waals surface area contributed by atoms with E-state index in [1.165, 1.54) is 7.05 Å². The standard InChI is InChI=1S/C17H27NO4Si/c1-17(2,3)23(5,6)22-12-14(18(4)16(20)21)15(19)13-10-8-7-9-11-13/h7-11,14H,12H2,1-6H3,(H,20,21). The smallest absolute Gasteiger partial charge is 0.407 e. The van der Waals surface area contributed by atoms with Gasteiger partial charge in [-0.15, -0.1) is 0 Å². The molecule has 1 aromatic rings. The highest BCUT2D eigenvalue weighted by atomic mass is 28.4. The number of hydrogen-bond acceptors (Lipinski definition) is 3. The van der Waals surface area contributed by atoms with E-state index in [1.54, 1.807) is 24.3 Å². The largest absolute Gasteiger partial charge is 0.465 e. The van der Waals surface area contributed by atoms with E-state index in [2.05, 4.69) is 33.9 Å². The summed E-state index contributed by atoms with van der Waals surface area (Å²) in [5, 5.41) is 9.26. The van der Waals surface area contributed by atoms with Crippen molar-refractivity contribution in [2.45, 2.75) is 44.9 Å². The van der Waals surface area contributed by atoms with Gasteiger partial charge in [0.1, 0.15) is 6.04 Å². The fraction of sp³-hybridized carbons (Fsp3) is 0.529. The van der Waals surface area contributed by atoms with Gasteiger partial charge in [0.15, 0.2) is 14.1 Å². The number of carbonyl (C=O) groups is 2. The molecule has 23 heavy (non-hydrogen) atoms. The number of Topliss-reactive ketones (excluding diaryl/α,β-unsaturated/α-hetero) is 1. The molecule has 5 nitrogen and oxygen atoms in total. The second kappa shape index (κ2) is 7.27. The van der Waals surface area contributed by atoms with Crippen molar-refractivity contribution in [1.29, 1.82) is 0 Å². The van der Waals surface area contributed by atoms with Gasteiger partial charge in [0, 0.05) is 12.6 Å². The number of benzene rings is 1. The lowest BCUT2D eigenvalue weighted by atomic mass is 10.0. The van der Waals surface area contributed by atoms with Crippen LogP contribution in [0.15, 0.2) is 30.3 Å². The number of ketones is 1. The zero-order chi connectivity index (χ0) is 17.8. The summed E-state index contributed by atoms with van der Waals surface area (Å²) in [5.41, 5.74) is 0.490. The van der Waals surface area contributed by atoms with E-state index in [0.717, 1.165) is 4.90 Å². The van der Waals surface area contributed by atoms with Crippen LogP contribution in [-0.2, 0) is 4.43 Å². The lowest BCUT2D eigenvalue weighted by Crippen LogP contribution is -2.49.